The number of anilines is 1. The molecule has 0 saturated carbocycles. The molecule has 0 aliphatic carbocycles. The van der Waals surface area contributed by atoms with Gasteiger partial charge in [0.2, 0.25) is 0 Å². The Hall–Kier alpha value is -2.23. The average Bonchev–Trinajstić information content (AvgIpc) is 2.89. The number of pyridine rings is 1. The van der Waals surface area contributed by atoms with Crippen LogP contribution >= 0.6 is 11.3 Å². The van der Waals surface area contributed by atoms with Gasteiger partial charge in [0.05, 0.1) is 5.56 Å². The molecule has 0 saturated heterocycles. The molecular weight excluding hydrogens is 250 g/mol. The van der Waals surface area contributed by atoms with Crippen molar-refractivity contribution in [2.45, 2.75) is 0 Å². The van der Waals surface area contributed by atoms with Gasteiger partial charge in [-0.1, -0.05) is 11.8 Å². The Kier molecular flexibility index (Phi) is 4.02. The Labute approximate surface area is 108 Å². The maximum Gasteiger partial charge on any atom is 0.277 e. The van der Waals surface area contributed by atoms with Gasteiger partial charge in [-0.2, -0.15) is 0 Å². The van der Waals surface area contributed by atoms with E-state index in [-0.39, 0.29) is 18.2 Å². The van der Waals surface area contributed by atoms with Crippen LogP contribution in [0.15, 0.2) is 29.9 Å². The summed E-state index contributed by atoms with van der Waals surface area (Å²) < 4.78 is 0. The van der Waals surface area contributed by atoms with Crippen LogP contribution in [-0.4, -0.2) is 27.6 Å². The Balaban J connectivity index is 2.24. The van der Waals surface area contributed by atoms with Crippen molar-refractivity contribution in [2.75, 3.05) is 11.9 Å². The number of carbonyl (C=O) groups excluding carboxylic acids is 1. The van der Waals surface area contributed by atoms with Crippen molar-refractivity contribution >= 4 is 22.4 Å². The molecule has 0 bridgehead atoms. The number of carbonyl (C=O) groups is 1. The van der Waals surface area contributed by atoms with Crippen LogP contribution in [0.1, 0.15) is 16.1 Å². The largest absolute Gasteiger partial charge is 0.384 e. The van der Waals surface area contributed by atoms with Crippen LogP contribution in [0.3, 0.4) is 0 Å². The summed E-state index contributed by atoms with van der Waals surface area (Å²) in [6, 6.07) is 3.36. The van der Waals surface area contributed by atoms with Crippen LogP contribution in [0, 0.1) is 11.8 Å². The van der Waals surface area contributed by atoms with Gasteiger partial charge in [-0.3, -0.25) is 10.1 Å². The summed E-state index contributed by atoms with van der Waals surface area (Å²) in [5.41, 5.74) is 0.689. The minimum atomic E-state index is -0.368. The van der Waals surface area contributed by atoms with Crippen LogP contribution < -0.4 is 5.32 Å². The highest BCUT2D eigenvalue weighted by atomic mass is 32.1. The smallest absolute Gasteiger partial charge is 0.277 e. The number of rotatable bonds is 2. The van der Waals surface area contributed by atoms with Gasteiger partial charge < -0.3 is 5.11 Å². The number of aliphatic hydroxyl groups excluding tert-OH is 1. The molecule has 0 aliphatic heterocycles. The Morgan fingerprint density at radius 1 is 1.44 bits per heavy atom. The summed E-state index contributed by atoms with van der Waals surface area (Å²) >= 11 is 1.32. The molecule has 90 valence electrons. The Morgan fingerprint density at radius 2 is 2.33 bits per heavy atom. The molecule has 2 rings (SSSR count). The maximum absolute atomic E-state index is 12.0. The van der Waals surface area contributed by atoms with Gasteiger partial charge >= 0.3 is 0 Å². The molecule has 0 atom stereocenters. The van der Waals surface area contributed by atoms with Gasteiger partial charge in [-0.05, 0) is 12.1 Å². The Bertz CT molecular complexity index is 599. The van der Waals surface area contributed by atoms with E-state index in [1.165, 1.54) is 17.5 Å². The zero-order valence-corrected chi connectivity index (χ0v) is 10.1. The molecule has 0 aromatic carbocycles. The summed E-state index contributed by atoms with van der Waals surface area (Å²) in [5.74, 6) is 4.81. The molecule has 2 N–H and O–H groups in total. The molecule has 0 unspecified atom stereocenters. The molecule has 2 aromatic rings. The molecule has 0 radical (unpaired) electrons. The van der Waals surface area contributed by atoms with Gasteiger partial charge in [0.15, 0.2) is 5.13 Å². The van der Waals surface area contributed by atoms with Crippen LogP contribution in [0.25, 0.3) is 0 Å². The molecule has 1 amide bonds. The van der Waals surface area contributed by atoms with Gasteiger partial charge in [-0.15, -0.1) is 11.3 Å². The molecule has 6 heteroatoms. The molecule has 0 fully saturated rings. The average molecular weight is 259 g/mol. The number of hydrogen-bond donors (Lipinski definition) is 2. The van der Waals surface area contributed by atoms with Crippen molar-refractivity contribution in [1.82, 2.24) is 9.97 Å². The number of aliphatic hydroxyl groups is 1. The molecular formula is C12H9N3O2S. The normalized spacial score (nSPS) is 9.39. The lowest BCUT2D eigenvalue weighted by Crippen LogP contribution is -2.15. The first-order valence-corrected chi connectivity index (χ1v) is 5.95. The predicted molar refractivity (Wildman–Crippen MR) is 68.3 cm³/mol. The first-order valence-electron chi connectivity index (χ1n) is 5.07. The third-order valence-corrected chi connectivity index (χ3v) is 2.67. The summed E-state index contributed by atoms with van der Waals surface area (Å²) in [7, 11) is 0. The third-order valence-electron chi connectivity index (χ3n) is 1.98. The summed E-state index contributed by atoms with van der Waals surface area (Å²) in [5, 5.41) is 13.6. The highest BCUT2D eigenvalue weighted by molar-refractivity contribution is 7.13. The van der Waals surface area contributed by atoms with Crippen LogP contribution in [0.5, 0.6) is 0 Å². The lowest BCUT2D eigenvalue weighted by Gasteiger charge is -2.02. The second-order valence-electron chi connectivity index (χ2n) is 3.15. The minimum Gasteiger partial charge on any atom is -0.384 e. The summed E-state index contributed by atoms with van der Waals surface area (Å²) in [6.45, 7) is -0.261. The minimum absolute atomic E-state index is 0.216. The van der Waals surface area contributed by atoms with Crippen molar-refractivity contribution < 1.29 is 9.90 Å². The first-order chi connectivity index (χ1) is 8.81. The van der Waals surface area contributed by atoms with Crippen LogP contribution in [0.2, 0.25) is 0 Å². The summed E-state index contributed by atoms with van der Waals surface area (Å²) in [4.78, 5) is 19.9. The number of aromatic nitrogens is 2. The number of nitrogens with zero attached hydrogens (tertiary/aromatic N) is 2. The number of amides is 1. The second kappa shape index (κ2) is 5.91. The highest BCUT2D eigenvalue weighted by Crippen LogP contribution is 2.12. The van der Waals surface area contributed by atoms with Crippen molar-refractivity contribution in [2.24, 2.45) is 0 Å². The standard InChI is InChI=1S/C12H9N3O2S/c16-7-2-4-9-3-1-5-13-10(9)11(17)15-12-14-6-8-18-12/h1,3,5-6,8,16H,7H2,(H,14,15,17). The fourth-order valence-corrected chi connectivity index (χ4v) is 1.79. The van der Waals surface area contributed by atoms with Gasteiger partial charge in [0.1, 0.15) is 12.3 Å². The zero-order chi connectivity index (χ0) is 12.8. The number of hydrogen-bond acceptors (Lipinski definition) is 5. The fourth-order valence-electron chi connectivity index (χ4n) is 1.26. The van der Waals surface area contributed by atoms with E-state index in [1.54, 1.807) is 23.7 Å². The molecule has 0 spiro atoms. The zero-order valence-electron chi connectivity index (χ0n) is 9.25. The van der Waals surface area contributed by atoms with E-state index < -0.39 is 0 Å². The van der Waals surface area contributed by atoms with E-state index in [4.69, 9.17) is 5.11 Å². The SMILES string of the molecule is O=C(Nc1nccs1)c1ncccc1C#CCO. The van der Waals surface area contributed by atoms with Crippen molar-refractivity contribution in [3.05, 3.63) is 41.2 Å². The van der Waals surface area contributed by atoms with Gasteiger partial charge in [0, 0.05) is 17.8 Å². The molecule has 0 aliphatic rings. The molecule has 18 heavy (non-hydrogen) atoms. The van der Waals surface area contributed by atoms with Crippen LogP contribution in [-0.2, 0) is 0 Å². The van der Waals surface area contributed by atoms with E-state index in [0.717, 1.165) is 0 Å². The monoisotopic (exact) mass is 259 g/mol. The summed E-state index contributed by atoms with van der Waals surface area (Å²) in [6.07, 6.45) is 3.12. The third kappa shape index (κ3) is 2.91. The molecule has 2 heterocycles. The van der Waals surface area contributed by atoms with Crippen molar-refractivity contribution in [3.8, 4) is 11.8 Å². The van der Waals surface area contributed by atoms with Crippen LogP contribution in [0.4, 0.5) is 5.13 Å². The first kappa shape index (κ1) is 12.2. The lowest BCUT2D eigenvalue weighted by molar-refractivity contribution is 0.102. The quantitative estimate of drug-likeness (QED) is 0.793. The second-order valence-corrected chi connectivity index (χ2v) is 4.05. The predicted octanol–water partition coefficient (Wildman–Crippen LogP) is 1.13. The molecule has 5 nitrogen and oxygen atoms in total. The number of nitrogens with one attached hydrogen (secondary N) is 1. The van der Waals surface area contributed by atoms with E-state index >= 15 is 0 Å². The topological polar surface area (TPSA) is 75.1 Å². The van der Waals surface area contributed by atoms with Gasteiger partial charge in [0.25, 0.3) is 5.91 Å². The van der Waals surface area contributed by atoms with E-state index in [0.29, 0.717) is 10.7 Å². The van der Waals surface area contributed by atoms with Crippen molar-refractivity contribution in [3.63, 3.8) is 0 Å². The lowest BCUT2D eigenvalue weighted by atomic mass is 10.2. The van der Waals surface area contributed by atoms with E-state index in [1.807, 2.05) is 0 Å². The van der Waals surface area contributed by atoms with E-state index in [9.17, 15) is 4.79 Å². The highest BCUT2D eigenvalue weighted by Gasteiger charge is 2.12. The fraction of sp³-hybridized carbons (Fsp3) is 0.0833. The Morgan fingerprint density at radius 3 is 3.06 bits per heavy atom. The van der Waals surface area contributed by atoms with E-state index in [2.05, 4.69) is 27.1 Å². The number of thiazole rings is 1. The van der Waals surface area contributed by atoms with Gasteiger partial charge in [-0.25, -0.2) is 9.97 Å². The maximum atomic E-state index is 12.0. The van der Waals surface area contributed by atoms with Crippen molar-refractivity contribution in [1.29, 1.82) is 0 Å². The molecule has 2 aromatic heterocycles.